The molecular formula is C14H16ClN3O2S. The molecular weight excluding hydrogens is 310 g/mol. The molecule has 0 fully saturated rings. The first-order valence-corrected chi connectivity index (χ1v) is 7.75. The molecule has 5 nitrogen and oxygen atoms in total. The molecule has 0 radical (unpaired) electrons. The molecule has 0 amide bonds. The molecule has 0 saturated heterocycles. The first kappa shape index (κ1) is 15.7. The van der Waals surface area contributed by atoms with Gasteiger partial charge < -0.3 is 10.5 Å². The van der Waals surface area contributed by atoms with Gasteiger partial charge in [-0.1, -0.05) is 11.6 Å². The highest BCUT2D eigenvalue weighted by Crippen LogP contribution is 2.30. The fourth-order valence-corrected chi connectivity index (χ4v) is 3.02. The van der Waals surface area contributed by atoms with E-state index in [-0.39, 0.29) is 5.97 Å². The zero-order chi connectivity index (χ0) is 15.4. The van der Waals surface area contributed by atoms with Crippen molar-refractivity contribution in [1.82, 2.24) is 9.78 Å². The summed E-state index contributed by atoms with van der Waals surface area (Å²) < 4.78 is 6.70. The quantitative estimate of drug-likeness (QED) is 0.519. The van der Waals surface area contributed by atoms with E-state index < -0.39 is 0 Å². The van der Waals surface area contributed by atoms with Crippen molar-refractivity contribution >= 4 is 35.0 Å². The maximum absolute atomic E-state index is 11.9. The lowest BCUT2D eigenvalue weighted by atomic mass is 10.3. The lowest BCUT2D eigenvalue weighted by Gasteiger charge is -2.08. The number of nitrogens with zero attached hydrogens (tertiary/aromatic N) is 2. The van der Waals surface area contributed by atoms with Crippen molar-refractivity contribution in [1.29, 1.82) is 0 Å². The summed E-state index contributed by atoms with van der Waals surface area (Å²) in [5, 5.41) is 4.72. The van der Waals surface area contributed by atoms with Crippen LogP contribution in [0.2, 0.25) is 5.02 Å². The minimum atomic E-state index is -0.356. The average Bonchev–Trinajstić information content (AvgIpc) is 2.79. The second-order valence-corrected chi connectivity index (χ2v) is 5.77. The van der Waals surface area contributed by atoms with E-state index in [1.165, 1.54) is 18.0 Å². The lowest BCUT2D eigenvalue weighted by molar-refractivity contribution is 0.0525. The molecule has 0 aliphatic heterocycles. The molecule has 0 unspecified atom stereocenters. The minimum absolute atomic E-state index is 0.338. The fraction of sp³-hybridized carbons (Fsp3) is 0.286. The second kappa shape index (κ2) is 6.87. The van der Waals surface area contributed by atoms with Gasteiger partial charge in [0.25, 0.3) is 0 Å². The van der Waals surface area contributed by atoms with Crippen molar-refractivity contribution in [2.24, 2.45) is 7.05 Å². The molecule has 7 heteroatoms. The van der Waals surface area contributed by atoms with Gasteiger partial charge in [0.15, 0.2) is 0 Å². The Morgan fingerprint density at radius 2 is 2.29 bits per heavy atom. The van der Waals surface area contributed by atoms with Crippen molar-refractivity contribution in [3.05, 3.63) is 40.7 Å². The smallest absolute Gasteiger partial charge is 0.341 e. The molecule has 0 saturated carbocycles. The summed E-state index contributed by atoms with van der Waals surface area (Å²) in [5.74, 6) is 0.210. The topological polar surface area (TPSA) is 70.1 Å². The van der Waals surface area contributed by atoms with Crippen LogP contribution in [0, 0.1) is 0 Å². The van der Waals surface area contributed by atoms with E-state index >= 15 is 0 Å². The van der Waals surface area contributed by atoms with E-state index in [2.05, 4.69) is 5.10 Å². The Bertz CT molecular complexity index is 658. The highest BCUT2D eigenvalue weighted by Gasteiger charge is 2.17. The Morgan fingerprint density at radius 1 is 1.52 bits per heavy atom. The molecule has 0 atom stereocenters. The predicted octanol–water partition coefficient (Wildman–Crippen LogP) is 3.12. The third-order valence-corrected chi connectivity index (χ3v) is 4.23. The number of hydrogen-bond donors (Lipinski definition) is 1. The molecule has 2 rings (SSSR count). The third kappa shape index (κ3) is 3.71. The van der Waals surface area contributed by atoms with Crippen molar-refractivity contribution in [2.45, 2.75) is 17.6 Å². The maximum atomic E-state index is 11.9. The molecule has 112 valence electrons. The van der Waals surface area contributed by atoms with E-state index in [1.807, 2.05) is 6.07 Å². The molecule has 21 heavy (non-hydrogen) atoms. The van der Waals surface area contributed by atoms with Crippen LogP contribution in [-0.2, 0) is 17.5 Å². The summed E-state index contributed by atoms with van der Waals surface area (Å²) >= 11 is 7.40. The number of esters is 1. The Labute approximate surface area is 132 Å². The van der Waals surface area contributed by atoms with E-state index in [4.69, 9.17) is 22.1 Å². The monoisotopic (exact) mass is 325 g/mol. The van der Waals surface area contributed by atoms with Gasteiger partial charge in [-0.3, -0.25) is 4.68 Å². The van der Waals surface area contributed by atoms with Crippen LogP contribution in [0.5, 0.6) is 0 Å². The zero-order valence-corrected chi connectivity index (χ0v) is 13.4. The Morgan fingerprint density at radius 3 is 2.95 bits per heavy atom. The van der Waals surface area contributed by atoms with Crippen molar-refractivity contribution < 1.29 is 9.53 Å². The number of nitrogen functional groups attached to an aromatic ring is 1. The standard InChI is InChI=1S/C14H16ClN3O2S/c1-3-20-14(19)10-7-17-18(2)12(10)8-21-13-5-4-9(15)6-11(13)16/h4-7H,3,8,16H2,1-2H3. The number of aryl methyl sites for hydroxylation is 1. The van der Waals surface area contributed by atoms with Gasteiger partial charge in [-0.05, 0) is 25.1 Å². The molecule has 0 aliphatic carbocycles. The van der Waals surface area contributed by atoms with Crippen LogP contribution in [0.1, 0.15) is 23.0 Å². The van der Waals surface area contributed by atoms with Crippen LogP contribution in [0.4, 0.5) is 5.69 Å². The Balaban J connectivity index is 2.16. The summed E-state index contributed by atoms with van der Waals surface area (Å²) in [7, 11) is 1.80. The van der Waals surface area contributed by atoms with Crippen LogP contribution in [0.3, 0.4) is 0 Å². The third-order valence-electron chi connectivity index (χ3n) is 2.89. The summed E-state index contributed by atoms with van der Waals surface area (Å²) in [6.07, 6.45) is 1.53. The summed E-state index contributed by atoms with van der Waals surface area (Å²) in [5.41, 5.74) is 7.83. The van der Waals surface area contributed by atoms with Gasteiger partial charge in [-0.2, -0.15) is 5.10 Å². The molecule has 2 N–H and O–H groups in total. The normalized spacial score (nSPS) is 10.6. The maximum Gasteiger partial charge on any atom is 0.341 e. The van der Waals surface area contributed by atoms with Crippen LogP contribution in [0.15, 0.2) is 29.3 Å². The number of thioether (sulfide) groups is 1. The number of rotatable bonds is 5. The zero-order valence-electron chi connectivity index (χ0n) is 11.8. The van der Waals surface area contributed by atoms with Crippen molar-refractivity contribution in [2.75, 3.05) is 12.3 Å². The molecule has 0 spiro atoms. The van der Waals surface area contributed by atoms with Crippen LogP contribution < -0.4 is 5.73 Å². The van der Waals surface area contributed by atoms with Gasteiger partial charge in [-0.15, -0.1) is 11.8 Å². The number of ether oxygens (including phenoxy) is 1. The van der Waals surface area contributed by atoms with Gasteiger partial charge >= 0.3 is 5.97 Å². The van der Waals surface area contributed by atoms with E-state index in [0.717, 1.165) is 10.6 Å². The number of carbonyl (C=O) groups excluding carboxylic acids is 1. The molecule has 1 heterocycles. The predicted molar refractivity (Wildman–Crippen MR) is 84.6 cm³/mol. The number of carbonyl (C=O) groups is 1. The van der Waals surface area contributed by atoms with Crippen LogP contribution in [0.25, 0.3) is 0 Å². The largest absolute Gasteiger partial charge is 0.462 e. The highest BCUT2D eigenvalue weighted by molar-refractivity contribution is 7.98. The van der Waals surface area contributed by atoms with E-state index in [0.29, 0.717) is 28.6 Å². The molecule has 0 bridgehead atoms. The number of aromatic nitrogens is 2. The first-order chi connectivity index (χ1) is 10.0. The average molecular weight is 326 g/mol. The van der Waals surface area contributed by atoms with Gasteiger partial charge in [0, 0.05) is 28.4 Å². The summed E-state index contributed by atoms with van der Waals surface area (Å²) in [6, 6.07) is 5.36. The number of halogens is 1. The van der Waals surface area contributed by atoms with Gasteiger partial charge in [-0.25, -0.2) is 4.79 Å². The highest BCUT2D eigenvalue weighted by atomic mass is 35.5. The molecule has 2 aromatic rings. The summed E-state index contributed by atoms with van der Waals surface area (Å²) in [4.78, 5) is 12.8. The van der Waals surface area contributed by atoms with Gasteiger partial charge in [0.1, 0.15) is 5.56 Å². The lowest BCUT2D eigenvalue weighted by Crippen LogP contribution is -2.08. The fourth-order valence-electron chi connectivity index (χ4n) is 1.81. The number of benzene rings is 1. The number of anilines is 1. The van der Waals surface area contributed by atoms with Crippen molar-refractivity contribution in [3.63, 3.8) is 0 Å². The van der Waals surface area contributed by atoms with Crippen LogP contribution >= 0.6 is 23.4 Å². The van der Waals surface area contributed by atoms with Crippen LogP contribution in [-0.4, -0.2) is 22.4 Å². The van der Waals surface area contributed by atoms with E-state index in [1.54, 1.807) is 30.8 Å². The Hall–Kier alpha value is -1.66. The number of nitrogens with two attached hydrogens (primary N) is 1. The summed E-state index contributed by atoms with van der Waals surface area (Å²) in [6.45, 7) is 2.11. The van der Waals surface area contributed by atoms with E-state index in [9.17, 15) is 4.79 Å². The SMILES string of the molecule is CCOC(=O)c1cnn(C)c1CSc1ccc(Cl)cc1N. The molecule has 1 aromatic carbocycles. The van der Waals surface area contributed by atoms with Gasteiger partial charge in [0.2, 0.25) is 0 Å². The minimum Gasteiger partial charge on any atom is -0.462 e. The number of hydrogen-bond acceptors (Lipinski definition) is 5. The van der Waals surface area contributed by atoms with Gasteiger partial charge in [0.05, 0.1) is 18.5 Å². The first-order valence-electron chi connectivity index (χ1n) is 6.38. The molecule has 0 aliphatic rings. The second-order valence-electron chi connectivity index (χ2n) is 4.32. The Kier molecular flexibility index (Phi) is 5.14. The van der Waals surface area contributed by atoms with Crippen molar-refractivity contribution in [3.8, 4) is 0 Å². The molecule has 1 aromatic heterocycles.